The molecule has 1 aromatic carbocycles. The molecule has 0 N–H and O–H groups in total. The first kappa shape index (κ1) is 11.2. The molecule has 0 bridgehead atoms. The van der Waals surface area contributed by atoms with E-state index in [9.17, 15) is 9.18 Å². The van der Waals surface area contributed by atoms with Gasteiger partial charge in [-0.1, -0.05) is 0 Å². The Morgan fingerprint density at radius 2 is 2.35 bits per heavy atom. The van der Waals surface area contributed by atoms with E-state index in [-0.39, 0.29) is 12.0 Å². The molecule has 17 heavy (non-hydrogen) atoms. The molecule has 2 rings (SSSR count). The Balaban J connectivity index is 2.33. The van der Waals surface area contributed by atoms with Gasteiger partial charge < -0.3 is 4.74 Å². The van der Waals surface area contributed by atoms with E-state index in [2.05, 4.69) is 20.3 Å². The van der Waals surface area contributed by atoms with Gasteiger partial charge in [0.1, 0.15) is 12.1 Å². The molecule has 0 aliphatic carbocycles. The van der Waals surface area contributed by atoms with Crippen molar-refractivity contribution in [1.82, 2.24) is 20.2 Å². The van der Waals surface area contributed by atoms with Crippen LogP contribution in [-0.4, -0.2) is 33.3 Å². The van der Waals surface area contributed by atoms with Gasteiger partial charge in [-0.25, -0.2) is 9.07 Å². The maximum absolute atomic E-state index is 13.4. The summed E-state index contributed by atoms with van der Waals surface area (Å²) < 4.78 is 19.3. The number of hydrogen-bond acceptors (Lipinski definition) is 5. The number of ether oxygens (including phenoxy) is 1. The Morgan fingerprint density at radius 1 is 1.53 bits per heavy atom. The van der Waals surface area contributed by atoms with E-state index in [4.69, 9.17) is 0 Å². The first-order valence-electron chi connectivity index (χ1n) is 4.79. The number of esters is 1. The van der Waals surface area contributed by atoms with E-state index >= 15 is 0 Å². The predicted octanol–water partition coefficient (Wildman–Crippen LogP) is 0.517. The topological polar surface area (TPSA) is 69.9 Å². The summed E-state index contributed by atoms with van der Waals surface area (Å²) in [6.07, 6.45) is 1.26. The van der Waals surface area contributed by atoms with E-state index in [1.807, 2.05) is 0 Å². The number of benzene rings is 1. The summed E-state index contributed by atoms with van der Waals surface area (Å²) in [6.45, 7) is 0. The maximum atomic E-state index is 13.4. The van der Waals surface area contributed by atoms with Crippen LogP contribution in [0.4, 0.5) is 4.39 Å². The molecule has 2 aromatic rings. The molecular weight excluding hydrogens is 227 g/mol. The molecule has 0 unspecified atom stereocenters. The van der Waals surface area contributed by atoms with Gasteiger partial charge in [-0.15, -0.1) is 5.10 Å². The average molecular weight is 236 g/mol. The molecule has 0 amide bonds. The molecule has 1 aromatic heterocycles. The van der Waals surface area contributed by atoms with Crippen molar-refractivity contribution in [3.8, 4) is 5.69 Å². The lowest BCUT2D eigenvalue weighted by atomic mass is 10.1. The largest absolute Gasteiger partial charge is 0.469 e. The van der Waals surface area contributed by atoms with Crippen LogP contribution >= 0.6 is 0 Å². The molecule has 0 radical (unpaired) electrons. The number of halogens is 1. The molecule has 0 fully saturated rings. The van der Waals surface area contributed by atoms with Crippen LogP contribution < -0.4 is 0 Å². The van der Waals surface area contributed by atoms with Crippen molar-refractivity contribution in [2.45, 2.75) is 6.42 Å². The fourth-order valence-corrected chi connectivity index (χ4v) is 1.35. The third-order valence-corrected chi connectivity index (χ3v) is 2.21. The van der Waals surface area contributed by atoms with Gasteiger partial charge in [0.25, 0.3) is 0 Å². The SMILES string of the molecule is COC(=O)Cc1cc(-n2cnnn2)ccc1F. The van der Waals surface area contributed by atoms with Gasteiger partial charge in [0.05, 0.1) is 19.2 Å². The van der Waals surface area contributed by atoms with Crippen LogP contribution in [0.5, 0.6) is 0 Å². The lowest BCUT2D eigenvalue weighted by Gasteiger charge is -2.05. The summed E-state index contributed by atoms with van der Waals surface area (Å²) in [4.78, 5) is 11.1. The molecule has 0 spiro atoms. The number of carbonyl (C=O) groups is 1. The molecule has 0 aliphatic heterocycles. The summed E-state index contributed by atoms with van der Waals surface area (Å²) >= 11 is 0. The third-order valence-electron chi connectivity index (χ3n) is 2.21. The minimum atomic E-state index is -0.502. The highest BCUT2D eigenvalue weighted by molar-refractivity contribution is 5.72. The summed E-state index contributed by atoms with van der Waals surface area (Å²) in [5.74, 6) is -0.968. The molecular formula is C10H9FN4O2. The number of rotatable bonds is 3. The Labute approximate surface area is 96.0 Å². The zero-order chi connectivity index (χ0) is 12.3. The number of nitrogens with zero attached hydrogens (tertiary/aromatic N) is 4. The van der Waals surface area contributed by atoms with Crippen LogP contribution in [0, 0.1) is 5.82 Å². The predicted molar refractivity (Wildman–Crippen MR) is 54.8 cm³/mol. The van der Waals surface area contributed by atoms with Crippen LogP contribution in [0.1, 0.15) is 5.56 Å². The molecule has 1 heterocycles. The van der Waals surface area contributed by atoms with Crippen molar-refractivity contribution in [3.05, 3.63) is 35.9 Å². The number of carbonyl (C=O) groups excluding carboxylic acids is 1. The van der Waals surface area contributed by atoms with Gasteiger partial charge in [0.15, 0.2) is 0 Å². The van der Waals surface area contributed by atoms with Crippen molar-refractivity contribution in [3.63, 3.8) is 0 Å². The van der Waals surface area contributed by atoms with Crippen molar-refractivity contribution in [1.29, 1.82) is 0 Å². The quantitative estimate of drug-likeness (QED) is 0.726. The van der Waals surface area contributed by atoms with E-state index < -0.39 is 11.8 Å². The molecule has 6 nitrogen and oxygen atoms in total. The van der Waals surface area contributed by atoms with Gasteiger partial charge in [-0.2, -0.15) is 0 Å². The van der Waals surface area contributed by atoms with Gasteiger partial charge in [0, 0.05) is 5.56 Å². The normalized spacial score (nSPS) is 10.2. The molecule has 0 saturated heterocycles. The van der Waals surface area contributed by atoms with E-state index in [0.717, 1.165) is 0 Å². The van der Waals surface area contributed by atoms with Gasteiger partial charge in [-0.3, -0.25) is 4.79 Å². The molecule has 88 valence electrons. The van der Waals surface area contributed by atoms with Crippen LogP contribution in [-0.2, 0) is 16.0 Å². The van der Waals surface area contributed by atoms with Crippen molar-refractivity contribution < 1.29 is 13.9 Å². The standard InChI is InChI=1S/C10H9FN4O2/c1-17-10(16)5-7-4-8(2-3-9(7)11)15-6-12-13-14-15/h2-4,6H,5H2,1H3. The lowest BCUT2D eigenvalue weighted by molar-refractivity contribution is -0.139. The van der Waals surface area contributed by atoms with E-state index in [1.54, 1.807) is 0 Å². The lowest BCUT2D eigenvalue weighted by Crippen LogP contribution is -2.07. The molecule has 0 saturated carbocycles. The number of aromatic nitrogens is 4. The minimum absolute atomic E-state index is 0.127. The minimum Gasteiger partial charge on any atom is -0.469 e. The zero-order valence-electron chi connectivity index (χ0n) is 9.00. The van der Waals surface area contributed by atoms with Gasteiger partial charge in [-0.05, 0) is 28.6 Å². The van der Waals surface area contributed by atoms with Crippen LogP contribution in [0.2, 0.25) is 0 Å². The highest BCUT2D eigenvalue weighted by Gasteiger charge is 2.10. The van der Waals surface area contributed by atoms with Crippen LogP contribution in [0.25, 0.3) is 5.69 Å². The maximum Gasteiger partial charge on any atom is 0.310 e. The highest BCUT2D eigenvalue weighted by Crippen LogP contribution is 2.14. The second-order valence-corrected chi connectivity index (χ2v) is 3.28. The second kappa shape index (κ2) is 4.69. The molecule has 0 atom stereocenters. The third kappa shape index (κ3) is 2.44. The van der Waals surface area contributed by atoms with E-state index in [0.29, 0.717) is 5.69 Å². The number of methoxy groups -OCH3 is 1. The zero-order valence-corrected chi connectivity index (χ0v) is 9.00. The molecule has 0 aliphatic rings. The Kier molecular flexibility index (Phi) is 3.08. The Morgan fingerprint density at radius 3 is 3.00 bits per heavy atom. The average Bonchev–Trinajstić information content (AvgIpc) is 2.85. The number of hydrogen-bond donors (Lipinski definition) is 0. The number of tetrazole rings is 1. The summed E-state index contributed by atoms with van der Waals surface area (Å²) in [5, 5.41) is 10.6. The van der Waals surface area contributed by atoms with Crippen molar-refractivity contribution >= 4 is 5.97 Å². The van der Waals surface area contributed by atoms with Gasteiger partial charge in [0.2, 0.25) is 0 Å². The van der Waals surface area contributed by atoms with Crippen LogP contribution in [0.15, 0.2) is 24.5 Å². The van der Waals surface area contributed by atoms with Gasteiger partial charge >= 0.3 is 5.97 Å². The summed E-state index contributed by atoms with van der Waals surface area (Å²) in [6, 6.07) is 4.28. The fourth-order valence-electron chi connectivity index (χ4n) is 1.35. The monoisotopic (exact) mass is 236 g/mol. The Bertz CT molecular complexity index is 527. The van der Waals surface area contributed by atoms with Crippen molar-refractivity contribution in [2.24, 2.45) is 0 Å². The van der Waals surface area contributed by atoms with Crippen LogP contribution in [0.3, 0.4) is 0 Å². The van der Waals surface area contributed by atoms with E-state index in [1.165, 1.54) is 36.3 Å². The fraction of sp³-hybridized carbons (Fsp3) is 0.200. The second-order valence-electron chi connectivity index (χ2n) is 3.28. The Hall–Kier alpha value is -2.31. The summed E-state index contributed by atoms with van der Waals surface area (Å²) in [5.41, 5.74) is 0.820. The highest BCUT2D eigenvalue weighted by atomic mass is 19.1. The first-order valence-corrected chi connectivity index (χ1v) is 4.79. The summed E-state index contributed by atoms with van der Waals surface area (Å²) in [7, 11) is 1.26. The smallest absolute Gasteiger partial charge is 0.310 e. The first-order chi connectivity index (χ1) is 8.20. The molecule has 7 heteroatoms. The van der Waals surface area contributed by atoms with Crippen molar-refractivity contribution in [2.75, 3.05) is 7.11 Å².